The first-order valence-electron chi connectivity index (χ1n) is 6.77. The zero-order valence-electron chi connectivity index (χ0n) is 12.5. The molecule has 1 atom stereocenters. The molecule has 0 radical (unpaired) electrons. The van der Waals surface area contributed by atoms with Crippen LogP contribution in [-0.4, -0.2) is 51.1 Å². The molecule has 122 valence electrons. The van der Waals surface area contributed by atoms with E-state index in [2.05, 4.69) is 5.32 Å². The Bertz CT molecular complexity index is 622. The van der Waals surface area contributed by atoms with Crippen LogP contribution in [0.25, 0.3) is 0 Å². The number of ether oxygens (including phenoxy) is 2. The minimum Gasteiger partial charge on any atom is -0.497 e. The molecule has 1 fully saturated rings. The third-order valence-electron chi connectivity index (χ3n) is 3.28. The zero-order valence-corrected chi connectivity index (χ0v) is 14.1. The van der Waals surface area contributed by atoms with Crippen LogP contribution in [0, 0.1) is 0 Å². The lowest BCUT2D eigenvalue weighted by Crippen LogP contribution is -2.17. The van der Waals surface area contributed by atoms with Gasteiger partial charge in [0.1, 0.15) is 11.5 Å². The van der Waals surface area contributed by atoms with Crippen LogP contribution in [0.3, 0.4) is 0 Å². The second-order valence-corrected chi connectivity index (χ2v) is 8.50. The summed E-state index contributed by atoms with van der Waals surface area (Å²) in [5, 5.41) is 2.78. The molecule has 6 nitrogen and oxygen atoms in total. The third-order valence-corrected chi connectivity index (χ3v) is 6.56. The van der Waals surface area contributed by atoms with Crippen LogP contribution < -0.4 is 14.8 Å². The smallest absolute Gasteiger partial charge is 0.234 e. The number of benzene rings is 1. The Morgan fingerprint density at radius 1 is 1.27 bits per heavy atom. The van der Waals surface area contributed by atoms with Gasteiger partial charge in [-0.15, -0.1) is 11.8 Å². The van der Waals surface area contributed by atoms with E-state index in [4.69, 9.17) is 9.47 Å². The van der Waals surface area contributed by atoms with E-state index in [0.29, 0.717) is 23.6 Å². The molecule has 1 aromatic rings. The van der Waals surface area contributed by atoms with E-state index in [1.54, 1.807) is 18.2 Å². The minimum absolute atomic E-state index is 0.00981. The van der Waals surface area contributed by atoms with Gasteiger partial charge in [0.2, 0.25) is 5.91 Å². The summed E-state index contributed by atoms with van der Waals surface area (Å²) < 4.78 is 33.0. The monoisotopic (exact) mass is 345 g/mol. The average molecular weight is 345 g/mol. The van der Waals surface area contributed by atoms with Crippen LogP contribution >= 0.6 is 11.8 Å². The Morgan fingerprint density at radius 3 is 2.41 bits per heavy atom. The van der Waals surface area contributed by atoms with Crippen molar-refractivity contribution in [3.63, 3.8) is 0 Å². The molecule has 1 aliphatic heterocycles. The molecule has 0 aromatic heterocycles. The number of hydrogen-bond donors (Lipinski definition) is 1. The summed E-state index contributed by atoms with van der Waals surface area (Å²) in [6, 6.07) is 5.12. The topological polar surface area (TPSA) is 81.7 Å². The number of methoxy groups -OCH3 is 2. The maximum Gasteiger partial charge on any atom is 0.234 e. The van der Waals surface area contributed by atoms with E-state index < -0.39 is 9.84 Å². The van der Waals surface area contributed by atoms with Gasteiger partial charge in [-0.1, -0.05) is 0 Å². The zero-order chi connectivity index (χ0) is 16.2. The second-order valence-electron chi connectivity index (χ2n) is 4.99. The first kappa shape index (κ1) is 17.0. The number of sulfone groups is 1. The predicted molar refractivity (Wildman–Crippen MR) is 87.7 cm³/mol. The maximum absolute atomic E-state index is 12.0. The van der Waals surface area contributed by atoms with Gasteiger partial charge in [0.05, 0.1) is 31.5 Å². The molecule has 0 bridgehead atoms. The molecule has 1 aliphatic rings. The van der Waals surface area contributed by atoms with Crippen LogP contribution in [0.2, 0.25) is 0 Å². The summed E-state index contributed by atoms with van der Waals surface area (Å²) in [5.41, 5.74) is 0.584. The summed E-state index contributed by atoms with van der Waals surface area (Å²) in [5.74, 6) is 1.61. The van der Waals surface area contributed by atoms with Crippen molar-refractivity contribution in [2.75, 3.05) is 36.8 Å². The van der Waals surface area contributed by atoms with Crippen molar-refractivity contribution in [1.82, 2.24) is 0 Å². The molecule has 1 heterocycles. The number of amides is 1. The van der Waals surface area contributed by atoms with Crippen molar-refractivity contribution in [2.24, 2.45) is 0 Å². The molecule has 1 aromatic carbocycles. The van der Waals surface area contributed by atoms with Crippen LogP contribution in [0.4, 0.5) is 5.69 Å². The number of thioether (sulfide) groups is 1. The van der Waals surface area contributed by atoms with Gasteiger partial charge in [-0.2, -0.15) is 0 Å². The highest BCUT2D eigenvalue weighted by Gasteiger charge is 2.28. The van der Waals surface area contributed by atoms with Gasteiger partial charge >= 0.3 is 0 Å². The number of anilines is 1. The molecule has 22 heavy (non-hydrogen) atoms. The molecule has 1 amide bonds. The van der Waals surface area contributed by atoms with Crippen LogP contribution in [0.5, 0.6) is 11.5 Å². The van der Waals surface area contributed by atoms with Gasteiger partial charge in [-0.25, -0.2) is 8.42 Å². The molecule has 0 saturated carbocycles. The Kier molecular flexibility index (Phi) is 5.57. The SMILES string of the molecule is COc1cc(NC(=O)CSC2CCS(=O)(=O)C2)cc(OC)c1. The third kappa shape index (κ3) is 4.81. The van der Waals surface area contributed by atoms with E-state index in [9.17, 15) is 13.2 Å². The second kappa shape index (κ2) is 7.23. The van der Waals surface area contributed by atoms with E-state index in [1.807, 2.05) is 0 Å². The summed E-state index contributed by atoms with van der Waals surface area (Å²) in [4.78, 5) is 12.0. The number of rotatable bonds is 6. The number of nitrogens with one attached hydrogen (secondary N) is 1. The Morgan fingerprint density at radius 2 is 1.91 bits per heavy atom. The van der Waals surface area contributed by atoms with Gasteiger partial charge in [-0.05, 0) is 6.42 Å². The normalized spacial score (nSPS) is 19.6. The molecular formula is C14H19NO5S2. The number of carbonyl (C=O) groups excluding carboxylic acids is 1. The largest absolute Gasteiger partial charge is 0.497 e. The van der Waals surface area contributed by atoms with Crippen molar-refractivity contribution < 1.29 is 22.7 Å². The Balaban J connectivity index is 1.89. The maximum atomic E-state index is 12.0. The average Bonchev–Trinajstić information content (AvgIpc) is 2.84. The highest BCUT2D eigenvalue weighted by Crippen LogP contribution is 2.27. The summed E-state index contributed by atoms with van der Waals surface area (Å²) >= 11 is 1.38. The van der Waals surface area contributed by atoms with Gasteiger partial charge < -0.3 is 14.8 Å². The molecule has 1 N–H and O–H groups in total. The van der Waals surface area contributed by atoms with Crippen LogP contribution in [0.1, 0.15) is 6.42 Å². The summed E-state index contributed by atoms with van der Waals surface area (Å²) in [7, 11) is 0.171. The van der Waals surface area contributed by atoms with Gasteiger partial charge in [0.15, 0.2) is 9.84 Å². The van der Waals surface area contributed by atoms with E-state index >= 15 is 0 Å². The quantitative estimate of drug-likeness (QED) is 0.843. The minimum atomic E-state index is -2.91. The molecule has 0 spiro atoms. The highest BCUT2D eigenvalue weighted by molar-refractivity contribution is 8.02. The van der Waals surface area contributed by atoms with Crippen molar-refractivity contribution >= 4 is 33.2 Å². The lowest BCUT2D eigenvalue weighted by atomic mass is 10.2. The molecule has 2 rings (SSSR count). The highest BCUT2D eigenvalue weighted by atomic mass is 32.2. The molecule has 0 aliphatic carbocycles. The standard InChI is InChI=1S/C14H19NO5S2/c1-19-11-5-10(6-12(7-11)20-2)15-14(16)8-21-13-3-4-22(17,18)9-13/h5-7,13H,3-4,8-9H2,1-2H3,(H,15,16). The van der Waals surface area contributed by atoms with Gasteiger partial charge in [0.25, 0.3) is 0 Å². The molecule has 1 saturated heterocycles. The van der Waals surface area contributed by atoms with E-state index in [0.717, 1.165) is 0 Å². The lowest BCUT2D eigenvalue weighted by molar-refractivity contribution is -0.113. The molecular weight excluding hydrogens is 326 g/mol. The summed E-state index contributed by atoms with van der Waals surface area (Å²) in [6.45, 7) is 0. The van der Waals surface area contributed by atoms with E-state index in [-0.39, 0.29) is 28.4 Å². The first-order valence-corrected chi connectivity index (χ1v) is 9.64. The van der Waals surface area contributed by atoms with Gasteiger partial charge in [-0.3, -0.25) is 4.79 Å². The van der Waals surface area contributed by atoms with Crippen molar-refractivity contribution in [2.45, 2.75) is 11.7 Å². The fourth-order valence-corrected chi connectivity index (χ4v) is 5.61. The molecule has 1 unspecified atom stereocenters. The number of carbonyl (C=O) groups is 1. The predicted octanol–water partition coefficient (Wildman–Crippen LogP) is 1.56. The van der Waals surface area contributed by atoms with Crippen LogP contribution in [0.15, 0.2) is 18.2 Å². The fraction of sp³-hybridized carbons (Fsp3) is 0.500. The van der Waals surface area contributed by atoms with Crippen molar-refractivity contribution in [3.8, 4) is 11.5 Å². The van der Waals surface area contributed by atoms with Crippen molar-refractivity contribution in [1.29, 1.82) is 0 Å². The van der Waals surface area contributed by atoms with Gasteiger partial charge in [0, 0.05) is 29.1 Å². The number of hydrogen-bond acceptors (Lipinski definition) is 6. The van der Waals surface area contributed by atoms with Crippen LogP contribution in [-0.2, 0) is 14.6 Å². The van der Waals surface area contributed by atoms with E-state index in [1.165, 1.54) is 26.0 Å². The lowest BCUT2D eigenvalue weighted by Gasteiger charge is -2.11. The Labute approximate surface area is 134 Å². The van der Waals surface area contributed by atoms with Crippen molar-refractivity contribution in [3.05, 3.63) is 18.2 Å². The fourth-order valence-electron chi connectivity index (χ4n) is 2.16. The Hall–Kier alpha value is -1.41. The first-order chi connectivity index (χ1) is 10.4. The molecule has 8 heteroatoms. The summed E-state index contributed by atoms with van der Waals surface area (Å²) in [6.07, 6.45) is 0.618.